The second-order valence-electron chi connectivity index (χ2n) is 2.76. The monoisotopic (exact) mass is 212 g/mol. The summed E-state index contributed by atoms with van der Waals surface area (Å²) in [6.07, 6.45) is 0. The highest BCUT2D eigenvalue weighted by atomic mass is 79.9. The third-order valence-corrected chi connectivity index (χ3v) is 2.65. The third kappa shape index (κ3) is 1.44. The van der Waals surface area contributed by atoms with Crippen LogP contribution in [-0.4, -0.2) is 11.5 Å². The molecular formula is C8H9BrN2. The normalized spacial score (nSPS) is 21.8. The first-order valence-corrected chi connectivity index (χ1v) is 4.43. The van der Waals surface area contributed by atoms with Crippen molar-refractivity contribution in [3.8, 4) is 0 Å². The molecule has 1 unspecified atom stereocenters. The van der Waals surface area contributed by atoms with Crippen LogP contribution in [0.15, 0.2) is 16.6 Å². The molecule has 2 nitrogen and oxygen atoms in total. The summed E-state index contributed by atoms with van der Waals surface area (Å²) in [5, 5.41) is 3.22. The van der Waals surface area contributed by atoms with E-state index in [4.69, 9.17) is 0 Å². The fourth-order valence-corrected chi connectivity index (χ4v) is 1.25. The van der Waals surface area contributed by atoms with E-state index in [0.29, 0.717) is 6.04 Å². The minimum atomic E-state index is 0.516. The summed E-state index contributed by atoms with van der Waals surface area (Å²) in [4.78, 5) is 4.43. The first kappa shape index (κ1) is 7.25. The lowest BCUT2D eigenvalue weighted by Gasteiger charge is -1.99. The number of hydrogen-bond donors (Lipinski definition) is 1. The summed E-state index contributed by atoms with van der Waals surface area (Å²) in [6.45, 7) is 3.09. The predicted molar refractivity (Wildman–Crippen MR) is 47.4 cm³/mol. The van der Waals surface area contributed by atoms with Crippen molar-refractivity contribution in [2.45, 2.75) is 13.0 Å². The van der Waals surface area contributed by atoms with Gasteiger partial charge in [-0.05, 0) is 35.0 Å². The van der Waals surface area contributed by atoms with Crippen LogP contribution in [0.25, 0.3) is 0 Å². The minimum absolute atomic E-state index is 0.516. The number of aryl methyl sites for hydroxylation is 1. The lowest BCUT2D eigenvalue weighted by atomic mass is 10.2. The zero-order valence-electron chi connectivity index (χ0n) is 6.26. The molecule has 1 aromatic rings. The number of aromatic nitrogens is 1. The van der Waals surface area contributed by atoms with Gasteiger partial charge in [-0.15, -0.1) is 0 Å². The molecule has 1 N–H and O–H groups in total. The van der Waals surface area contributed by atoms with Crippen molar-refractivity contribution in [2.24, 2.45) is 0 Å². The molecule has 0 radical (unpaired) electrons. The minimum Gasteiger partial charge on any atom is -0.306 e. The van der Waals surface area contributed by atoms with Gasteiger partial charge >= 0.3 is 0 Å². The average Bonchev–Trinajstić information content (AvgIpc) is 2.77. The van der Waals surface area contributed by atoms with Gasteiger partial charge in [0.05, 0.1) is 17.4 Å². The number of rotatable bonds is 1. The summed E-state index contributed by atoms with van der Waals surface area (Å²) in [5.74, 6) is 0. The molecule has 1 saturated heterocycles. The molecule has 0 aromatic carbocycles. The summed E-state index contributed by atoms with van der Waals surface area (Å²) >= 11 is 3.42. The highest BCUT2D eigenvalue weighted by molar-refractivity contribution is 9.10. The Morgan fingerprint density at radius 3 is 2.91 bits per heavy atom. The van der Waals surface area contributed by atoms with Gasteiger partial charge in [0.15, 0.2) is 0 Å². The largest absolute Gasteiger partial charge is 0.306 e. The fraction of sp³-hybridized carbons (Fsp3) is 0.375. The van der Waals surface area contributed by atoms with Gasteiger partial charge in [0.25, 0.3) is 0 Å². The molecule has 1 atom stereocenters. The number of halogens is 1. The van der Waals surface area contributed by atoms with Gasteiger partial charge in [-0.1, -0.05) is 0 Å². The second-order valence-corrected chi connectivity index (χ2v) is 3.62. The quantitative estimate of drug-likeness (QED) is 0.721. The van der Waals surface area contributed by atoms with E-state index in [9.17, 15) is 0 Å². The first-order chi connectivity index (χ1) is 5.27. The molecule has 58 valence electrons. The Labute approximate surface area is 74.2 Å². The van der Waals surface area contributed by atoms with Crippen LogP contribution in [0.5, 0.6) is 0 Å². The van der Waals surface area contributed by atoms with Crippen molar-refractivity contribution < 1.29 is 0 Å². The van der Waals surface area contributed by atoms with Crippen LogP contribution in [0.3, 0.4) is 0 Å². The Hall–Kier alpha value is -0.410. The Bertz CT molecular complexity index is 281. The van der Waals surface area contributed by atoms with Gasteiger partial charge in [-0.2, -0.15) is 0 Å². The van der Waals surface area contributed by atoms with E-state index in [1.807, 2.05) is 6.92 Å². The van der Waals surface area contributed by atoms with Crippen LogP contribution in [0.4, 0.5) is 0 Å². The van der Waals surface area contributed by atoms with E-state index in [1.165, 1.54) is 0 Å². The molecule has 0 bridgehead atoms. The van der Waals surface area contributed by atoms with Crippen molar-refractivity contribution in [2.75, 3.05) is 6.54 Å². The summed E-state index contributed by atoms with van der Waals surface area (Å²) in [7, 11) is 0. The number of nitrogens with one attached hydrogen (secondary N) is 1. The number of hydrogen-bond acceptors (Lipinski definition) is 2. The van der Waals surface area contributed by atoms with Crippen molar-refractivity contribution in [3.63, 3.8) is 0 Å². The molecule has 0 aliphatic carbocycles. The zero-order valence-corrected chi connectivity index (χ0v) is 7.85. The molecule has 2 heterocycles. The van der Waals surface area contributed by atoms with Gasteiger partial charge in [0, 0.05) is 11.0 Å². The van der Waals surface area contributed by atoms with Crippen molar-refractivity contribution in [1.29, 1.82) is 0 Å². The van der Waals surface area contributed by atoms with E-state index in [2.05, 4.69) is 38.4 Å². The Morgan fingerprint density at radius 1 is 1.64 bits per heavy atom. The first-order valence-electron chi connectivity index (χ1n) is 3.64. The Balaban J connectivity index is 2.36. The molecule has 2 rings (SSSR count). The lowest BCUT2D eigenvalue weighted by Crippen LogP contribution is -1.92. The second kappa shape index (κ2) is 2.57. The molecule has 0 spiro atoms. The third-order valence-electron chi connectivity index (χ3n) is 1.81. The molecule has 11 heavy (non-hydrogen) atoms. The van der Waals surface area contributed by atoms with Crippen LogP contribution in [0.1, 0.15) is 17.4 Å². The predicted octanol–water partition coefficient (Wildman–Crippen LogP) is 1.80. The molecule has 0 amide bonds. The van der Waals surface area contributed by atoms with Crippen LogP contribution >= 0.6 is 15.9 Å². The van der Waals surface area contributed by atoms with Gasteiger partial charge < -0.3 is 5.32 Å². The van der Waals surface area contributed by atoms with Crippen molar-refractivity contribution >= 4 is 15.9 Å². The molecular weight excluding hydrogens is 204 g/mol. The summed E-state index contributed by atoms with van der Waals surface area (Å²) < 4.78 is 1.09. The summed E-state index contributed by atoms with van der Waals surface area (Å²) in [6, 6.07) is 4.63. The van der Waals surface area contributed by atoms with Gasteiger partial charge in [-0.3, -0.25) is 4.98 Å². The van der Waals surface area contributed by atoms with Crippen LogP contribution in [0.2, 0.25) is 0 Å². The highest BCUT2D eigenvalue weighted by Gasteiger charge is 2.23. The van der Waals surface area contributed by atoms with E-state index < -0.39 is 0 Å². The zero-order chi connectivity index (χ0) is 7.84. The van der Waals surface area contributed by atoms with E-state index >= 15 is 0 Å². The maximum atomic E-state index is 4.43. The van der Waals surface area contributed by atoms with E-state index in [1.54, 1.807) is 0 Å². The van der Waals surface area contributed by atoms with Gasteiger partial charge in [0.2, 0.25) is 0 Å². The molecule has 0 saturated carbocycles. The summed E-state index contributed by atoms with van der Waals surface area (Å²) in [5.41, 5.74) is 2.22. The van der Waals surface area contributed by atoms with Crippen molar-refractivity contribution in [3.05, 3.63) is 28.0 Å². The molecule has 1 aliphatic rings. The van der Waals surface area contributed by atoms with Crippen molar-refractivity contribution in [1.82, 2.24) is 10.3 Å². The molecule has 1 aliphatic heterocycles. The van der Waals surface area contributed by atoms with Crippen LogP contribution in [0, 0.1) is 6.92 Å². The molecule has 3 heteroatoms. The smallest absolute Gasteiger partial charge is 0.0622 e. The van der Waals surface area contributed by atoms with E-state index in [0.717, 1.165) is 22.4 Å². The maximum Gasteiger partial charge on any atom is 0.0622 e. The number of pyridine rings is 1. The Kier molecular flexibility index (Phi) is 1.69. The van der Waals surface area contributed by atoms with Gasteiger partial charge in [0.1, 0.15) is 0 Å². The molecule has 1 aromatic heterocycles. The maximum absolute atomic E-state index is 4.43. The number of nitrogens with zero attached hydrogens (tertiary/aromatic N) is 1. The van der Waals surface area contributed by atoms with E-state index in [-0.39, 0.29) is 0 Å². The highest BCUT2D eigenvalue weighted by Crippen LogP contribution is 2.22. The van der Waals surface area contributed by atoms with Crippen LogP contribution in [-0.2, 0) is 0 Å². The standard InChI is InChI=1S/C8H9BrN2/c1-5-6(9)2-3-7(11-5)8-4-10-8/h2-3,8,10H,4H2,1H3. The lowest BCUT2D eigenvalue weighted by molar-refractivity contribution is 0.966. The SMILES string of the molecule is Cc1nc(C2CN2)ccc1Br. The average molecular weight is 213 g/mol. The fourth-order valence-electron chi connectivity index (χ4n) is 1.03. The Morgan fingerprint density at radius 2 is 2.36 bits per heavy atom. The molecule has 1 fully saturated rings. The van der Waals surface area contributed by atoms with Gasteiger partial charge in [-0.25, -0.2) is 0 Å². The van der Waals surface area contributed by atoms with Crippen LogP contribution < -0.4 is 5.32 Å². The topological polar surface area (TPSA) is 34.8 Å².